The van der Waals surface area contributed by atoms with E-state index in [1.807, 2.05) is 18.2 Å². The maximum Gasteiger partial charge on any atom is 0.328 e. The number of imidazole rings is 1. The molecule has 1 aromatic carbocycles. The van der Waals surface area contributed by atoms with Crippen LogP contribution in [0.1, 0.15) is 30.5 Å². The summed E-state index contributed by atoms with van der Waals surface area (Å²) in [7, 11) is 1.63. The number of hydrogen-bond acceptors (Lipinski definition) is 14. The van der Waals surface area contributed by atoms with Crippen LogP contribution in [0, 0.1) is 0 Å². The predicted octanol–water partition coefficient (Wildman–Crippen LogP) is 2.15. The highest BCUT2D eigenvalue weighted by Gasteiger charge is 2.16. The largest absolute Gasteiger partial charge is 0.497 e. The quantitative estimate of drug-likeness (QED) is 0.0797. The summed E-state index contributed by atoms with van der Waals surface area (Å²) in [6, 6.07) is 5.91. The number of nitrogens with two attached hydrogens (primary N) is 1. The second kappa shape index (κ2) is 17.1. The zero-order valence-electron chi connectivity index (χ0n) is 26.3. The number of nitrogens with one attached hydrogen (secondary N) is 2. The van der Waals surface area contributed by atoms with Crippen molar-refractivity contribution in [1.29, 1.82) is 0 Å². The van der Waals surface area contributed by atoms with E-state index in [9.17, 15) is 4.79 Å². The van der Waals surface area contributed by atoms with Crippen molar-refractivity contribution in [3.8, 4) is 11.8 Å². The molecule has 0 bridgehead atoms. The smallest absolute Gasteiger partial charge is 0.328 e. The van der Waals surface area contributed by atoms with Gasteiger partial charge in [-0.05, 0) is 18.6 Å². The van der Waals surface area contributed by atoms with Gasteiger partial charge in [0.1, 0.15) is 21.9 Å². The summed E-state index contributed by atoms with van der Waals surface area (Å²) in [5.41, 5.74) is 7.79. The van der Waals surface area contributed by atoms with Crippen molar-refractivity contribution in [2.75, 3.05) is 65.6 Å². The van der Waals surface area contributed by atoms with Crippen LogP contribution in [0.2, 0.25) is 0 Å². The van der Waals surface area contributed by atoms with E-state index >= 15 is 0 Å². The van der Waals surface area contributed by atoms with Gasteiger partial charge in [0.25, 0.3) is 0 Å². The van der Waals surface area contributed by atoms with Crippen molar-refractivity contribution >= 4 is 55.7 Å². The number of thiocarbonyl (C=S) groups is 1. The second-order valence-electron chi connectivity index (χ2n) is 10.2. The number of rotatable bonds is 20. The van der Waals surface area contributed by atoms with Crippen LogP contribution in [0.15, 0.2) is 29.2 Å². The Morgan fingerprint density at radius 3 is 2.64 bits per heavy atom. The van der Waals surface area contributed by atoms with Crippen LogP contribution in [-0.4, -0.2) is 104 Å². The number of thiazole rings is 1. The van der Waals surface area contributed by atoms with E-state index in [4.69, 9.17) is 41.6 Å². The normalized spacial score (nSPS) is 11.4. The molecule has 18 heteroatoms. The van der Waals surface area contributed by atoms with Gasteiger partial charge in [-0.15, -0.1) is 16.4 Å². The third kappa shape index (κ3) is 9.41. The number of aromatic nitrogens is 8. The molecular weight excluding hydrogens is 649 g/mol. The lowest BCUT2D eigenvalue weighted by Gasteiger charge is -2.08. The predicted molar refractivity (Wildman–Crippen MR) is 180 cm³/mol. The van der Waals surface area contributed by atoms with Crippen LogP contribution in [0.25, 0.3) is 21.4 Å². The van der Waals surface area contributed by atoms with Gasteiger partial charge in [-0.2, -0.15) is 9.97 Å². The molecule has 5 rings (SSSR count). The number of H-pyrrole nitrogens is 1. The Labute approximate surface area is 279 Å². The lowest BCUT2D eigenvalue weighted by Crippen LogP contribution is -2.26. The topological polar surface area (TPSA) is 191 Å². The number of anilines is 1. The van der Waals surface area contributed by atoms with E-state index in [-0.39, 0.29) is 24.1 Å². The summed E-state index contributed by atoms with van der Waals surface area (Å²) in [5, 5.41) is 12.3. The molecule has 4 N–H and O–H groups in total. The van der Waals surface area contributed by atoms with Crippen molar-refractivity contribution in [3.63, 3.8) is 0 Å². The number of nitrogens with zero attached hydrogens (tertiary/aromatic N) is 7. The number of unbranched alkanes of at least 4 members (excludes halogenated alkanes) is 1. The zero-order valence-corrected chi connectivity index (χ0v) is 27.9. The van der Waals surface area contributed by atoms with Crippen LogP contribution in [0.3, 0.4) is 0 Å². The van der Waals surface area contributed by atoms with Crippen LogP contribution in [-0.2, 0) is 27.3 Å². The summed E-state index contributed by atoms with van der Waals surface area (Å²) in [6.07, 6.45) is 3.58. The highest BCUT2D eigenvalue weighted by molar-refractivity contribution is 7.81. The lowest BCUT2D eigenvalue weighted by atomic mass is 10.3. The van der Waals surface area contributed by atoms with Gasteiger partial charge in [0.2, 0.25) is 0 Å². The van der Waals surface area contributed by atoms with Crippen molar-refractivity contribution in [3.05, 3.63) is 45.6 Å². The fourth-order valence-corrected chi connectivity index (χ4v) is 5.51. The van der Waals surface area contributed by atoms with Gasteiger partial charge < -0.3 is 39.7 Å². The molecule has 0 unspecified atom stereocenters. The maximum atomic E-state index is 12.6. The molecule has 252 valence electrons. The molecule has 0 aliphatic heterocycles. The minimum Gasteiger partial charge on any atom is -0.497 e. The Bertz CT molecular complexity index is 1820. The van der Waals surface area contributed by atoms with Crippen LogP contribution in [0.4, 0.5) is 5.82 Å². The fourth-order valence-electron chi connectivity index (χ4n) is 4.38. The Morgan fingerprint density at radius 2 is 1.85 bits per heavy atom. The van der Waals surface area contributed by atoms with E-state index in [0.29, 0.717) is 81.2 Å². The molecule has 0 amide bonds. The molecule has 0 aliphatic carbocycles. The number of fused-ring (bicyclic) bond motifs is 2. The lowest BCUT2D eigenvalue weighted by molar-refractivity contribution is 0.0137. The van der Waals surface area contributed by atoms with Gasteiger partial charge in [-0.25, -0.2) is 14.5 Å². The van der Waals surface area contributed by atoms with Crippen LogP contribution in [0.5, 0.6) is 11.8 Å². The van der Waals surface area contributed by atoms with Gasteiger partial charge in [0, 0.05) is 12.6 Å². The molecule has 0 saturated carbocycles. The van der Waals surface area contributed by atoms with E-state index in [2.05, 4.69) is 42.5 Å². The number of aromatic amines is 1. The third-order valence-corrected chi connectivity index (χ3v) is 8.32. The highest BCUT2D eigenvalue weighted by atomic mass is 32.1. The van der Waals surface area contributed by atoms with Crippen LogP contribution < -0.4 is 26.2 Å². The average Bonchev–Trinajstić information content (AvgIpc) is 3.79. The van der Waals surface area contributed by atoms with Crippen molar-refractivity contribution < 1.29 is 23.7 Å². The number of benzene rings is 1. The molecule has 4 heterocycles. The zero-order chi connectivity index (χ0) is 33.0. The van der Waals surface area contributed by atoms with Gasteiger partial charge in [0.05, 0.1) is 82.9 Å². The van der Waals surface area contributed by atoms with E-state index in [1.165, 1.54) is 15.9 Å². The summed E-state index contributed by atoms with van der Waals surface area (Å²) in [5.74, 6) is 0.911. The Balaban J connectivity index is 0.926. The summed E-state index contributed by atoms with van der Waals surface area (Å²) < 4.78 is 31.8. The van der Waals surface area contributed by atoms with Crippen molar-refractivity contribution in [2.24, 2.45) is 0 Å². The van der Waals surface area contributed by atoms with Gasteiger partial charge in [0.15, 0.2) is 16.5 Å². The number of hydrogen-bond donors (Lipinski definition) is 3. The minimum atomic E-state index is -0.377. The van der Waals surface area contributed by atoms with Crippen molar-refractivity contribution in [2.45, 2.75) is 32.9 Å². The number of ether oxygens (including phenoxy) is 5. The first-order chi connectivity index (χ1) is 22.9. The Kier molecular flexibility index (Phi) is 12.4. The third-order valence-electron chi connectivity index (χ3n) is 6.80. The first kappa shape index (κ1) is 34.1. The molecule has 0 aliphatic rings. The van der Waals surface area contributed by atoms with E-state index in [1.54, 1.807) is 18.0 Å². The van der Waals surface area contributed by atoms with E-state index < -0.39 is 0 Å². The molecule has 16 nitrogen and oxygen atoms in total. The molecule has 0 radical (unpaired) electrons. The van der Waals surface area contributed by atoms with Gasteiger partial charge in [-0.1, -0.05) is 30.8 Å². The molecule has 47 heavy (non-hydrogen) atoms. The minimum absolute atomic E-state index is 0.130. The molecule has 4 aromatic heterocycles. The SMILES string of the molecule is CCCCOc1nc(N)c2[nH]c(=O)n(Cc3cn(CCOCCOCCOCCNC(=S)c4nc5cc(OC)ccc5s4)nn3)c2n1. The first-order valence-electron chi connectivity index (χ1n) is 15.2. The van der Waals surface area contributed by atoms with Gasteiger partial charge >= 0.3 is 11.7 Å². The standard InChI is InChI=1S/C29H38N10O6S2/c1-3-4-9-45-28-34-24(30)23-25(35-28)39(29(40)33-23)18-19-17-38(37-36-19)8-11-43-13-15-44-14-12-42-10-7-31-26(46)27-32-21-16-20(41-2)5-6-22(21)47-27/h5-6,16-17H,3-4,7-15,18H2,1-2H3,(H,31,46)(H,33,40)(H2,30,34,35). The van der Waals surface area contributed by atoms with Crippen LogP contribution >= 0.6 is 23.6 Å². The van der Waals surface area contributed by atoms with E-state index in [0.717, 1.165) is 33.8 Å². The molecule has 0 atom stereocenters. The molecule has 0 spiro atoms. The highest BCUT2D eigenvalue weighted by Crippen LogP contribution is 2.26. The van der Waals surface area contributed by atoms with Gasteiger partial charge in [-0.3, -0.25) is 4.57 Å². The summed E-state index contributed by atoms with van der Waals surface area (Å²) in [4.78, 5) is 29.0. The summed E-state index contributed by atoms with van der Waals surface area (Å²) in [6.45, 7) is 6.44. The average molecular weight is 687 g/mol. The molecule has 5 aromatic rings. The molecular formula is C29H38N10O6S2. The monoisotopic (exact) mass is 686 g/mol. The fraction of sp³-hybridized carbons (Fsp3) is 0.483. The molecule has 0 saturated heterocycles. The summed E-state index contributed by atoms with van der Waals surface area (Å²) >= 11 is 7.00. The maximum absolute atomic E-state index is 12.6. The number of methoxy groups -OCH3 is 1. The number of nitrogen functional groups attached to an aromatic ring is 1. The Hall–Kier alpha value is -4.23. The van der Waals surface area contributed by atoms with Crippen molar-refractivity contribution in [1.82, 2.24) is 44.8 Å². The Morgan fingerprint density at radius 1 is 1.06 bits per heavy atom. The first-order valence-corrected chi connectivity index (χ1v) is 16.4. The second-order valence-corrected chi connectivity index (χ2v) is 11.7. The molecule has 0 fully saturated rings.